The number of nitrogens with one attached hydrogen (secondary N) is 1. The molecule has 2 aliphatic heterocycles. The molecule has 0 aliphatic carbocycles. The predicted octanol–water partition coefficient (Wildman–Crippen LogP) is 1.62. The summed E-state index contributed by atoms with van der Waals surface area (Å²) in [5.41, 5.74) is 1.03. The van der Waals surface area contributed by atoms with Gasteiger partial charge >= 0.3 is 6.09 Å². The van der Waals surface area contributed by atoms with E-state index in [1.165, 1.54) is 6.42 Å². The minimum atomic E-state index is -0.185. The molecular formula is C14H18N2O2. The Hall–Kier alpha value is -1.55. The van der Waals surface area contributed by atoms with Crippen LogP contribution < -0.4 is 5.32 Å². The van der Waals surface area contributed by atoms with E-state index in [0.717, 1.165) is 25.2 Å². The zero-order valence-corrected chi connectivity index (χ0v) is 10.3. The number of carbonyl (C=O) groups is 1. The van der Waals surface area contributed by atoms with Crippen LogP contribution in [-0.4, -0.2) is 36.7 Å². The molecule has 1 aromatic carbocycles. The van der Waals surface area contributed by atoms with Gasteiger partial charge in [0.15, 0.2) is 0 Å². The Bertz CT molecular complexity index is 409. The third-order valence-corrected chi connectivity index (χ3v) is 3.83. The summed E-state index contributed by atoms with van der Waals surface area (Å²) in [5, 5.41) is 3.43. The van der Waals surface area contributed by atoms with Gasteiger partial charge in [0.1, 0.15) is 6.61 Å². The summed E-state index contributed by atoms with van der Waals surface area (Å²) in [7, 11) is 0. The quantitative estimate of drug-likeness (QED) is 0.862. The molecule has 2 atom stereocenters. The van der Waals surface area contributed by atoms with E-state index >= 15 is 0 Å². The lowest BCUT2D eigenvalue weighted by molar-refractivity contribution is 0.102. The van der Waals surface area contributed by atoms with Crippen LogP contribution in [0.5, 0.6) is 0 Å². The number of carbonyl (C=O) groups excluding carboxylic acids is 1. The van der Waals surface area contributed by atoms with Crippen molar-refractivity contribution in [2.24, 2.45) is 5.92 Å². The second kappa shape index (κ2) is 4.98. The first-order valence-corrected chi connectivity index (χ1v) is 6.52. The normalized spacial score (nSPS) is 26.1. The fourth-order valence-corrected chi connectivity index (χ4v) is 2.81. The fraction of sp³-hybridized carbons (Fsp3) is 0.500. The van der Waals surface area contributed by atoms with Crippen LogP contribution in [0.1, 0.15) is 12.0 Å². The summed E-state index contributed by atoms with van der Waals surface area (Å²) in [4.78, 5) is 13.7. The van der Waals surface area contributed by atoms with Crippen molar-refractivity contribution in [3.63, 3.8) is 0 Å². The molecule has 0 unspecified atom stereocenters. The number of hydrogen-bond donors (Lipinski definition) is 1. The van der Waals surface area contributed by atoms with E-state index < -0.39 is 0 Å². The molecule has 18 heavy (non-hydrogen) atoms. The van der Waals surface area contributed by atoms with E-state index in [2.05, 4.69) is 5.32 Å². The first-order valence-electron chi connectivity index (χ1n) is 6.52. The molecular weight excluding hydrogens is 228 g/mol. The van der Waals surface area contributed by atoms with Crippen molar-refractivity contribution in [2.75, 3.05) is 19.6 Å². The van der Waals surface area contributed by atoms with Gasteiger partial charge < -0.3 is 15.0 Å². The van der Waals surface area contributed by atoms with Gasteiger partial charge in [-0.2, -0.15) is 0 Å². The summed E-state index contributed by atoms with van der Waals surface area (Å²) < 4.78 is 5.34. The predicted molar refractivity (Wildman–Crippen MR) is 68.1 cm³/mol. The highest BCUT2D eigenvalue weighted by molar-refractivity contribution is 5.68. The molecule has 0 aromatic heterocycles. The van der Waals surface area contributed by atoms with Gasteiger partial charge in [0, 0.05) is 19.1 Å². The molecule has 0 radical (unpaired) electrons. The number of rotatable bonds is 2. The molecule has 1 amide bonds. The van der Waals surface area contributed by atoms with Crippen molar-refractivity contribution in [1.29, 1.82) is 0 Å². The molecule has 0 bridgehead atoms. The van der Waals surface area contributed by atoms with Gasteiger partial charge in [-0.25, -0.2) is 4.79 Å². The summed E-state index contributed by atoms with van der Waals surface area (Å²) in [6.07, 6.45) is 0.989. The maximum atomic E-state index is 11.9. The number of likely N-dealkylation sites (tertiary alicyclic amines) is 1. The highest BCUT2D eigenvalue weighted by atomic mass is 16.6. The Kier molecular flexibility index (Phi) is 3.19. The Morgan fingerprint density at radius 2 is 2.17 bits per heavy atom. The number of ether oxygens (including phenoxy) is 1. The van der Waals surface area contributed by atoms with Crippen molar-refractivity contribution in [2.45, 2.75) is 19.1 Å². The Morgan fingerprint density at radius 3 is 2.94 bits per heavy atom. The van der Waals surface area contributed by atoms with Crippen molar-refractivity contribution < 1.29 is 9.53 Å². The van der Waals surface area contributed by atoms with Gasteiger partial charge in [-0.15, -0.1) is 0 Å². The van der Waals surface area contributed by atoms with E-state index in [1.807, 2.05) is 35.2 Å². The molecule has 2 fully saturated rings. The second-order valence-corrected chi connectivity index (χ2v) is 5.05. The SMILES string of the molecule is O=C(OCc1ccccc1)N1C[C@H]2CCN[C@H]2C1. The van der Waals surface area contributed by atoms with Crippen LogP contribution in [0.2, 0.25) is 0 Å². The van der Waals surface area contributed by atoms with E-state index in [-0.39, 0.29) is 6.09 Å². The molecule has 0 spiro atoms. The lowest BCUT2D eigenvalue weighted by Crippen LogP contribution is -2.34. The summed E-state index contributed by atoms with van der Waals surface area (Å²) in [6.45, 7) is 3.07. The molecule has 1 aromatic rings. The zero-order chi connectivity index (χ0) is 12.4. The minimum absolute atomic E-state index is 0.185. The summed E-state index contributed by atoms with van der Waals surface area (Å²) in [5.74, 6) is 0.620. The Labute approximate surface area is 107 Å². The van der Waals surface area contributed by atoms with E-state index in [4.69, 9.17) is 4.74 Å². The number of benzene rings is 1. The van der Waals surface area contributed by atoms with Gasteiger partial charge in [0.25, 0.3) is 0 Å². The van der Waals surface area contributed by atoms with Gasteiger partial charge in [0.2, 0.25) is 0 Å². The lowest BCUT2D eigenvalue weighted by atomic mass is 10.1. The van der Waals surface area contributed by atoms with Crippen LogP contribution in [-0.2, 0) is 11.3 Å². The molecule has 4 heteroatoms. The maximum absolute atomic E-state index is 11.9. The van der Waals surface area contributed by atoms with Crippen molar-refractivity contribution in [1.82, 2.24) is 10.2 Å². The van der Waals surface area contributed by atoms with Crippen molar-refractivity contribution in [3.8, 4) is 0 Å². The standard InChI is InChI=1S/C14H18N2O2/c17-14(18-10-11-4-2-1-3-5-11)16-8-12-6-7-15-13(12)9-16/h1-5,12-13,15H,6-10H2/t12-,13+/m1/s1. The zero-order valence-electron chi connectivity index (χ0n) is 10.3. The van der Waals surface area contributed by atoms with Crippen LogP contribution in [0, 0.1) is 5.92 Å². The summed E-state index contributed by atoms with van der Waals surface area (Å²) in [6, 6.07) is 10.3. The number of nitrogens with zero attached hydrogens (tertiary/aromatic N) is 1. The van der Waals surface area contributed by atoms with Crippen LogP contribution in [0.3, 0.4) is 0 Å². The molecule has 1 N–H and O–H groups in total. The van der Waals surface area contributed by atoms with Gasteiger partial charge in [-0.1, -0.05) is 30.3 Å². The molecule has 2 aliphatic rings. The molecule has 0 saturated carbocycles. The van der Waals surface area contributed by atoms with Gasteiger partial charge in [-0.3, -0.25) is 0 Å². The Balaban J connectivity index is 1.50. The number of fused-ring (bicyclic) bond motifs is 1. The van der Waals surface area contributed by atoms with Crippen LogP contribution in [0.25, 0.3) is 0 Å². The molecule has 3 rings (SSSR count). The number of hydrogen-bond acceptors (Lipinski definition) is 3. The third-order valence-electron chi connectivity index (χ3n) is 3.83. The fourth-order valence-electron chi connectivity index (χ4n) is 2.81. The largest absolute Gasteiger partial charge is 0.445 e. The van der Waals surface area contributed by atoms with Gasteiger partial charge in [-0.05, 0) is 24.4 Å². The van der Waals surface area contributed by atoms with Gasteiger partial charge in [0.05, 0.1) is 0 Å². The molecule has 2 heterocycles. The van der Waals surface area contributed by atoms with Crippen molar-refractivity contribution >= 4 is 6.09 Å². The highest BCUT2D eigenvalue weighted by Gasteiger charge is 2.38. The number of amides is 1. The average Bonchev–Trinajstić information content (AvgIpc) is 2.98. The monoisotopic (exact) mass is 246 g/mol. The highest BCUT2D eigenvalue weighted by Crippen LogP contribution is 2.25. The van der Waals surface area contributed by atoms with E-state index in [1.54, 1.807) is 0 Å². The third kappa shape index (κ3) is 2.34. The van der Waals surface area contributed by atoms with Crippen LogP contribution in [0.4, 0.5) is 4.79 Å². The van der Waals surface area contributed by atoms with E-state index in [0.29, 0.717) is 18.6 Å². The second-order valence-electron chi connectivity index (χ2n) is 5.05. The molecule has 4 nitrogen and oxygen atoms in total. The minimum Gasteiger partial charge on any atom is -0.445 e. The molecule has 96 valence electrons. The first kappa shape index (κ1) is 11.5. The summed E-state index contributed by atoms with van der Waals surface area (Å²) >= 11 is 0. The smallest absolute Gasteiger partial charge is 0.410 e. The van der Waals surface area contributed by atoms with Crippen LogP contribution in [0.15, 0.2) is 30.3 Å². The Morgan fingerprint density at radius 1 is 1.33 bits per heavy atom. The lowest BCUT2D eigenvalue weighted by Gasteiger charge is -2.17. The first-order chi connectivity index (χ1) is 8.83. The van der Waals surface area contributed by atoms with Crippen LogP contribution >= 0.6 is 0 Å². The molecule has 2 saturated heterocycles. The topological polar surface area (TPSA) is 41.6 Å². The van der Waals surface area contributed by atoms with Crippen molar-refractivity contribution in [3.05, 3.63) is 35.9 Å². The average molecular weight is 246 g/mol. The maximum Gasteiger partial charge on any atom is 0.410 e. The van der Waals surface area contributed by atoms with E-state index in [9.17, 15) is 4.79 Å².